The largest absolute Gasteiger partial charge is 0.355 e. The highest BCUT2D eigenvalue weighted by atomic mass is 16.5. The first-order valence-corrected chi connectivity index (χ1v) is 8.49. The quantitative estimate of drug-likeness (QED) is 0.698. The molecule has 1 saturated heterocycles. The molecule has 25 heavy (non-hydrogen) atoms. The van der Waals surface area contributed by atoms with Crippen molar-refractivity contribution < 1.29 is 4.52 Å². The van der Waals surface area contributed by atoms with Gasteiger partial charge in [-0.2, -0.15) is 10.1 Å². The molecule has 0 N–H and O–H groups in total. The van der Waals surface area contributed by atoms with Gasteiger partial charge < -0.3 is 9.42 Å². The fourth-order valence-electron chi connectivity index (χ4n) is 3.50. The van der Waals surface area contributed by atoms with Gasteiger partial charge in [-0.1, -0.05) is 5.16 Å². The van der Waals surface area contributed by atoms with Crippen LogP contribution < -0.4 is 4.90 Å². The average Bonchev–Trinajstić information content (AvgIpc) is 3.20. The Balaban J connectivity index is 1.52. The van der Waals surface area contributed by atoms with Crippen LogP contribution in [0.5, 0.6) is 0 Å². The maximum atomic E-state index is 5.08. The van der Waals surface area contributed by atoms with E-state index in [1.807, 2.05) is 20.2 Å². The van der Waals surface area contributed by atoms with Gasteiger partial charge >= 0.3 is 0 Å². The summed E-state index contributed by atoms with van der Waals surface area (Å²) < 4.78 is 6.85. The van der Waals surface area contributed by atoms with Gasteiger partial charge in [-0.3, -0.25) is 9.58 Å². The Kier molecular flexibility index (Phi) is 4.08. The van der Waals surface area contributed by atoms with Crippen molar-refractivity contribution in [3.8, 4) is 0 Å². The molecular formula is C16H22N8O. The predicted molar refractivity (Wildman–Crippen MR) is 92.0 cm³/mol. The zero-order chi connectivity index (χ0) is 17.4. The first kappa shape index (κ1) is 15.9. The molecule has 132 valence electrons. The van der Waals surface area contributed by atoms with Gasteiger partial charge in [-0.05, 0) is 19.4 Å². The molecule has 0 aliphatic carbocycles. The number of rotatable bonds is 4. The lowest BCUT2D eigenvalue weighted by atomic mass is 10.0. The summed E-state index contributed by atoms with van der Waals surface area (Å²) in [6.07, 6.45) is 5.71. The topological polar surface area (TPSA) is 89.0 Å². The Morgan fingerprint density at radius 3 is 3.04 bits per heavy atom. The van der Waals surface area contributed by atoms with Gasteiger partial charge in [0.2, 0.25) is 5.89 Å². The molecule has 0 radical (unpaired) electrons. The maximum absolute atomic E-state index is 5.08. The Labute approximate surface area is 145 Å². The highest BCUT2D eigenvalue weighted by Gasteiger charge is 2.26. The molecule has 1 aliphatic heterocycles. The van der Waals surface area contributed by atoms with Crippen molar-refractivity contribution in [2.45, 2.75) is 32.4 Å². The van der Waals surface area contributed by atoms with E-state index in [0.29, 0.717) is 18.5 Å². The first-order chi connectivity index (χ1) is 12.1. The third kappa shape index (κ3) is 3.07. The van der Waals surface area contributed by atoms with Crippen molar-refractivity contribution in [2.75, 3.05) is 25.0 Å². The third-order valence-corrected chi connectivity index (χ3v) is 4.81. The summed E-state index contributed by atoms with van der Waals surface area (Å²) in [6.45, 7) is 4.52. The van der Waals surface area contributed by atoms with Crippen LogP contribution in [0.2, 0.25) is 0 Å². The van der Waals surface area contributed by atoms with E-state index in [1.54, 1.807) is 11.0 Å². The van der Waals surface area contributed by atoms with Gasteiger partial charge in [-0.25, -0.2) is 9.97 Å². The van der Waals surface area contributed by atoms with Crippen LogP contribution in [0.3, 0.4) is 0 Å². The van der Waals surface area contributed by atoms with Crippen LogP contribution in [0.4, 0.5) is 5.82 Å². The van der Waals surface area contributed by atoms with E-state index >= 15 is 0 Å². The standard InChI is InChI=1S/C16H22N8O/c1-11-20-14(21-25-11)9-24-6-4-5-12(8-24)22(2)15-13-7-19-23(3)16(13)18-10-17-15/h7,10,12H,4-6,8-9H2,1-3H3/t12-/m1/s1. The molecular weight excluding hydrogens is 320 g/mol. The van der Waals surface area contributed by atoms with Crippen LogP contribution in [0.1, 0.15) is 24.6 Å². The summed E-state index contributed by atoms with van der Waals surface area (Å²) in [6, 6.07) is 0.375. The lowest BCUT2D eigenvalue weighted by molar-refractivity contribution is 0.192. The highest BCUT2D eigenvalue weighted by molar-refractivity contribution is 5.86. The van der Waals surface area contributed by atoms with Gasteiger partial charge in [0.1, 0.15) is 12.1 Å². The normalized spacial score (nSPS) is 18.8. The van der Waals surface area contributed by atoms with Crippen molar-refractivity contribution in [1.29, 1.82) is 0 Å². The fourth-order valence-corrected chi connectivity index (χ4v) is 3.50. The lowest BCUT2D eigenvalue weighted by Crippen LogP contribution is -2.46. The molecule has 0 amide bonds. The molecule has 0 spiro atoms. The molecule has 1 aliphatic rings. The Morgan fingerprint density at radius 2 is 2.24 bits per heavy atom. The minimum absolute atomic E-state index is 0.375. The van der Waals surface area contributed by atoms with E-state index in [9.17, 15) is 0 Å². The molecule has 0 saturated carbocycles. The third-order valence-electron chi connectivity index (χ3n) is 4.81. The minimum atomic E-state index is 0.375. The molecule has 9 nitrogen and oxygen atoms in total. The van der Waals surface area contributed by atoms with Crippen molar-refractivity contribution in [3.63, 3.8) is 0 Å². The zero-order valence-electron chi connectivity index (χ0n) is 14.8. The number of aromatic nitrogens is 6. The summed E-state index contributed by atoms with van der Waals surface area (Å²) in [4.78, 5) is 17.8. The van der Waals surface area contributed by atoms with Crippen LogP contribution in [-0.2, 0) is 13.6 Å². The molecule has 4 rings (SSSR count). The van der Waals surface area contributed by atoms with Gasteiger partial charge in [0.15, 0.2) is 11.5 Å². The number of piperidine rings is 1. The molecule has 1 fully saturated rings. The summed E-state index contributed by atoms with van der Waals surface area (Å²) in [5, 5.41) is 9.30. The summed E-state index contributed by atoms with van der Waals surface area (Å²) in [5.41, 5.74) is 0.854. The number of anilines is 1. The Morgan fingerprint density at radius 1 is 1.36 bits per heavy atom. The molecule has 4 heterocycles. The molecule has 0 aromatic carbocycles. The molecule has 3 aromatic rings. The molecule has 9 heteroatoms. The molecule has 0 bridgehead atoms. The van der Waals surface area contributed by atoms with Gasteiger partial charge in [0, 0.05) is 33.6 Å². The zero-order valence-corrected chi connectivity index (χ0v) is 14.8. The average molecular weight is 342 g/mol. The van der Waals surface area contributed by atoms with Crippen LogP contribution in [-0.4, -0.2) is 61.0 Å². The van der Waals surface area contributed by atoms with Gasteiger partial charge in [0.25, 0.3) is 0 Å². The molecule has 0 unspecified atom stereocenters. The SMILES string of the molecule is Cc1nc(CN2CCC[C@@H](N(C)c3ncnc4c3cnn4C)C2)no1. The highest BCUT2D eigenvalue weighted by Crippen LogP contribution is 2.26. The summed E-state index contributed by atoms with van der Waals surface area (Å²) in [7, 11) is 4.00. The fraction of sp³-hybridized carbons (Fsp3) is 0.562. The molecule has 3 aromatic heterocycles. The van der Waals surface area contributed by atoms with Gasteiger partial charge in [0.05, 0.1) is 18.1 Å². The monoisotopic (exact) mass is 342 g/mol. The summed E-state index contributed by atoms with van der Waals surface area (Å²) >= 11 is 0. The van der Waals surface area contributed by atoms with Crippen LogP contribution in [0.15, 0.2) is 17.0 Å². The minimum Gasteiger partial charge on any atom is -0.355 e. The Bertz CT molecular complexity index is 872. The number of fused-ring (bicyclic) bond motifs is 1. The second kappa shape index (κ2) is 6.40. The van der Waals surface area contributed by atoms with E-state index in [2.05, 4.69) is 42.1 Å². The number of aryl methyl sites for hydroxylation is 2. The maximum Gasteiger partial charge on any atom is 0.223 e. The number of hydrogen-bond donors (Lipinski definition) is 0. The van der Waals surface area contributed by atoms with E-state index in [1.165, 1.54) is 0 Å². The van der Waals surface area contributed by atoms with Crippen LogP contribution >= 0.6 is 0 Å². The van der Waals surface area contributed by atoms with Crippen LogP contribution in [0.25, 0.3) is 11.0 Å². The van der Waals surface area contributed by atoms with Crippen molar-refractivity contribution in [1.82, 2.24) is 34.8 Å². The van der Waals surface area contributed by atoms with Crippen molar-refractivity contribution in [3.05, 3.63) is 24.2 Å². The van der Waals surface area contributed by atoms with E-state index in [-0.39, 0.29) is 0 Å². The van der Waals surface area contributed by atoms with Gasteiger partial charge in [-0.15, -0.1) is 0 Å². The predicted octanol–water partition coefficient (Wildman–Crippen LogP) is 1.16. The second-order valence-electron chi connectivity index (χ2n) is 6.57. The number of likely N-dealkylation sites (N-methyl/N-ethyl adjacent to an activating group) is 1. The molecule has 1 atom stereocenters. The smallest absolute Gasteiger partial charge is 0.223 e. The second-order valence-corrected chi connectivity index (χ2v) is 6.57. The van der Waals surface area contributed by atoms with Crippen molar-refractivity contribution >= 4 is 16.9 Å². The van der Waals surface area contributed by atoms with E-state index < -0.39 is 0 Å². The van der Waals surface area contributed by atoms with Crippen molar-refractivity contribution in [2.24, 2.45) is 7.05 Å². The number of likely N-dealkylation sites (tertiary alicyclic amines) is 1. The van der Waals surface area contributed by atoms with Crippen LogP contribution in [0, 0.1) is 6.92 Å². The first-order valence-electron chi connectivity index (χ1n) is 8.49. The van der Waals surface area contributed by atoms with E-state index in [4.69, 9.17) is 4.52 Å². The Hall–Kier alpha value is -2.55. The number of nitrogens with zero attached hydrogens (tertiary/aromatic N) is 8. The summed E-state index contributed by atoms with van der Waals surface area (Å²) in [5.74, 6) is 2.29. The number of hydrogen-bond acceptors (Lipinski definition) is 8. The lowest BCUT2D eigenvalue weighted by Gasteiger charge is -2.37. The van der Waals surface area contributed by atoms with E-state index in [0.717, 1.165) is 48.6 Å².